The van der Waals surface area contributed by atoms with Crippen molar-refractivity contribution in [1.82, 2.24) is 15.1 Å². The molecule has 1 N–H and O–H groups in total. The number of rotatable bonds is 5. The lowest BCUT2D eigenvalue weighted by atomic mass is 10.0. The number of nitrogens with zero attached hydrogens (tertiary/aromatic N) is 2. The third-order valence-corrected chi connectivity index (χ3v) is 5.93. The van der Waals surface area contributed by atoms with Gasteiger partial charge in [-0.25, -0.2) is 0 Å². The zero-order chi connectivity index (χ0) is 22.1. The molecule has 4 amide bonds. The minimum absolute atomic E-state index is 0.0993. The lowest BCUT2D eigenvalue weighted by molar-refractivity contribution is -0.136. The topological polar surface area (TPSA) is 86.8 Å². The molecular weight excluding hydrogens is 394 g/mol. The van der Waals surface area contributed by atoms with Gasteiger partial charge < -0.3 is 9.80 Å². The van der Waals surface area contributed by atoms with E-state index in [4.69, 9.17) is 0 Å². The van der Waals surface area contributed by atoms with Crippen LogP contribution in [0.5, 0.6) is 0 Å². The van der Waals surface area contributed by atoms with Crippen LogP contribution in [0.15, 0.2) is 42.5 Å². The Kier molecular flexibility index (Phi) is 5.59. The first-order chi connectivity index (χ1) is 14.9. The third-order valence-electron chi connectivity index (χ3n) is 5.93. The summed E-state index contributed by atoms with van der Waals surface area (Å²) in [5.41, 5.74) is 3.98. The second-order valence-corrected chi connectivity index (χ2v) is 8.08. The molecule has 160 valence electrons. The molecule has 0 radical (unpaired) electrons. The summed E-state index contributed by atoms with van der Waals surface area (Å²) in [6.07, 6.45) is 0.529. The van der Waals surface area contributed by atoms with Crippen LogP contribution in [0.3, 0.4) is 0 Å². The van der Waals surface area contributed by atoms with E-state index in [-0.39, 0.29) is 30.7 Å². The van der Waals surface area contributed by atoms with Gasteiger partial charge in [0, 0.05) is 37.2 Å². The summed E-state index contributed by atoms with van der Waals surface area (Å²) in [6.45, 7) is 5.29. The van der Waals surface area contributed by atoms with Crippen LogP contribution in [0.2, 0.25) is 0 Å². The molecule has 2 aliphatic rings. The molecule has 1 saturated heterocycles. The van der Waals surface area contributed by atoms with Gasteiger partial charge in [0.25, 0.3) is 11.8 Å². The molecule has 1 fully saturated rings. The van der Waals surface area contributed by atoms with Crippen LogP contribution in [0.1, 0.15) is 57.2 Å². The number of benzene rings is 2. The minimum atomic E-state index is -0.662. The highest BCUT2D eigenvalue weighted by atomic mass is 16.2. The van der Waals surface area contributed by atoms with E-state index in [0.29, 0.717) is 30.6 Å². The van der Waals surface area contributed by atoms with Crippen molar-refractivity contribution in [2.75, 3.05) is 6.54 Å². The first-order valence-corrected chi connectivity index (χ1v) is 10.5. The maximum atomic E-state index is 13.1. The zero-order valence-electron chi connectivity index (χ0n) is 17.7. The fourth-order valence-corrected chi connectivity index (χ4v) is 4.13. The number of piperidine rings is 1. The van der Waals surface area contributed by atoms with Crippen molar-refractivity contribution in [2.24, 2.45) is 0 Å². The highest BCUT2D eigenvalue weighted by molar-refractivity contribution is 6.06. The first kappa shape index (κ1) is 20.8. The van der Waals surface area contributed by atoms with E-state index in [0.717, 1.165) is 11.1 Å². The summed E-state index contributed by atoms with van der Waals surface area (Å²) in [5.74, 6) is -1.09. The van der Waals surface area contributed by atoms with E-state index in [1.54, 1.807) is 23.1 Å². The molecule has 7 nitrogen and oxygen atoms in total. The largest absolute Gasteiger partial charge is 0.335 e. The molecule has 2 aliphatic heterocycles. The molecule has 1 atom stereocenters. The maximum Gasteiger partial charge on any atom is 0.255 e. The van der Waals surface area contributed by atoms with Crippen molar-refractivity contribution in [1.29, 1.82) is 0 Å². The molecule has 2 aromatic rings. The smallest absolute Gasteiger partial charge is 0.255 e. The molecule has 2 heterocycles. The quantitative estimate of drug-likeness (QED) is 0.754. The van der Waals surface area contributed by atoms with Crippen molar-refractivity contribution in [3.63, 3.8) is 0 Å². The SMILES string of the molecule is CCN(Cc1ccc(C)cc1)C(=O)c1ccc2c(c1)CN(C1CCC(=O)NC1=O)C2=O. The van der Waals surface area contributed by atoms with Gasteiger partial charge in [-0.2, -0.15) is 0 Å². The lowest BCUT2D eigenvalue weighted by Gasteiger charge is -2.29. The molecule has 0 aliphatic carbocycles. The summed E-state index contributed by atoms with van der Waals surface area (Å²) < 4.78 is 0. The fourth-order valence-electron chi connectivity index (χ4n) is 4.13. The van der Waals surface area contributed by atoms with E-state index in [2.05, 4.69) is 5.32 Å². The lowest BCUT2D eigenvalue weighted by Crippen LogP contribution is -2.52. The second kappa shape index (κ2) is 8.34. The Morgan fingerprint density at radius 2 is 1.87 bits per heavy atom. The third kappa shape index (κ3) is 4.08. The maximum absolute atomic E-state index is 13.1. The summed E-state index contributed by atoms with van der Waals surface area (Å²) in [7, 11) is 0. The van der Waals surface area contributed by atoms with Gasteiger partial charge in [0.05, 0.1) is 0 Å². The molecular formula is C24H25N3O4. The number of carbonyl (C=O) groups excluding carboxylic acids is 4. The van der Waals surface area contributed by atoms with Gasteiger partial charge in [-0.05, 0) is 49.6 Å². The van der Waals surface area contributed by atoms with Gasteiger partial charge in [0.1, 0.15) is 6.04 Å². The van der Waals surface area contributed by atoms with Crippen LogP contribution in [0.4, 0.5) is 0 Å². The Morgan fingerprint density at radius 3 is 2.55 bits per heavy atom. The van der Waals surface area contributed by atoms with Gasteiger partial charge in [0.2, 0.25) is 11.8 Å². The van der Waals surface area contributed by atoms with Crippen LogP contribution in [0, 0.1) is 6.92 Å². The van der Waals surface area contributed by atoms with E-state index < -0.39 is 11.9 Å². The Hall–Kier alpha value is -3.48. The number of nitrogens with one attached hydrogen (secondary N) is 1. The number of hydrogen-bond acceptors (Lipinski definition) is 4. The van der Waals surface area contributed by atoms with Crippen LogP contribution in [-0.2, 0) is 22.7 Å². The van der Waals surface area contributed by atoms with E-state index in [9.17, 15) is 19.2 Å². The van der Waals surface area contributed by atoms with Gasteiger partial charge in [-0.15, -0.1) is 0 Å². The van der Waals surface area contributed by atoms with Crippen molar-refractivity contribution in [3.8, 4) is 0 Å². The van der Waals surface area contributed by atoms with Crippen molar-refractivity contribution < 1.29 is 19.2 Å². The number of aryl methyl sites for hydroxylation is 1. The summed E-state index contributed by atoms with van der Waals surface area (Å²) in [5, 5.41) is 2.30. The van der Waals surface area contributed by atoms with Crippen LogP contribution >= 0.6 is 0 Å². The van der Waals surface area contributed by atoms with Gasteiger partial charge in [0.15, 0.2) is 0 Å². The van der Waals surface area contributed by atoms with Gasteiger partial charge >= 0.3 is 0 Å². The van der Waals surface area contributed by atoms with Crippen LogP contribution in [-0.4, -0.2) is 46.0 Å². The zero-order valence-corrected chi connectivity index (χ0v) is 17.7. The molecule has 7 heteroatoms. The molecule has 0 saturated carbocycles. The molecule has 1 unspecified atom stereocenters. The molecule has 0 aromatic heterocycles. The van der Waals surface area contributed by atoms with Crippen molar-refractivity contribution in [2.45, 2.75) is 45.8 Å². The van der Waals surface area contributed by atoms with Gasteiger partial charge in [-0.3, -0.25) is 24.5 Å². The number of amides is 4. The summed E-state index contributed by atoms with van der Waals surface area (Å²) in [4.78, 5) is 52.8. The van der Waals surface area contributed by atoms with Crippen molar-refractivity contribution in [3.05, 3.63) is 70.3 Å². The summed E-state index contributed by atoms with van der Waals surface area (Å²) in [6, 6.07) is 12.5. The fraction of sp³-hybridized carbons (Fsp3) is 0.333. The minimum Gasteiger partial charge on any atom is -0.335 e. The Balaban J connectivity index is 1.52. The Labute approximate surface area is 181 Å². The highest BCUT2D eigenvalue weighted by Crippen LogP contribution is 2.28. The predicted molar refractivity (Wildman–Crippen MR) is 114 cm³/mol. The standard InChI is InChI=1S/C24H25N3O4/c1-3-26(13-16-6-4-15(2)5-7-16)23(30)17-8-9-19-18(12-17)14-27(24(19)31)20-10-11-21(28)25-22(20)29/h4-9,12,20H,3,10-11,13-14H2,1-2H3,(H,25,28,29). The normalized spacial score (nSPS) is 18.1. The second-order valence-electron chi connectivity index (χ2n) is 8.08. The van der Waals surface area contributed by atoms with Crippen LogP contribution in [0.25, 0.3) is 0 Å². The Morgan fingerprint density at radius 1 is 1.13 bits per heavy atom. The predicted octanol–water partition coefficient (Wildman–Crippen LogP) is 2.42. The average Bonchev–Trinajstić information content (AvgIpc) is 3.08. The van der Waals surface area contributed by atoms with Crippen molar-refractivity contribution >= 4 is 23.6 Å². The summed E-state index contributed by atoms with van der Waals surface area (Å²) >= 11 is 0. The number of hydrogen-bond donors (Lipinski definition) is 1. The van der Waals surface area contributed by atoms with E-state index in [1.807, 2.05) is 38.1 Å². The number of carbonyl (C=O) groups is 4. The van der Waals surface area contributed by atoms with E-state index >= 15 is 0 Å². The molecule has 0 spiro atoms. The Bertz CT molecular complexity index is 1060. The highest BCUT2D eigenvalue weighted by Gasteiger charge is 2.39. The van der Waals surface area contributed by atoms with Gasteiger partial charge in [-0.1, -0.05) is 29.8 Å². The molecule has 2 aromatic carbocycles. The number of imide groups is 1. The average molecular weight is 419 g/mol. The van der Waals surface area contributed by atoms with Crippen LogP contribution < -0.4 is 5.32 Å². The first-order valence-electron chi connectivity index (χ1n) is 10.5. The van der Waals surface area contributed by atoms with E-state index in [1.165, 1.54) is 10.5 Å². The molecule has 4 rings (SSSR count). The molecule has 31 heavy (non-hydrogen) atoms. The monoisotopic (exact) mass is 419 g/mol. The number of fused-ring (bicyclic) bond motifs is 1. The molecule has 0 bridgehead atoms.